The minimum Gasteiger partial charge on any atom is -0.466 e. The van der Waals surface area contributed by atoms with Gasteiger partial charge in [0.25, 0.3) is 6.29 Å². The number of fused-ring (bicyclic) bond motifs is 1. The molecule has 5 heteroatoms. The van der Waals surface area contributed by atoms with E-state index < -0.39 is 18.2 Å². The molecule has 0 saturated heterocycles. The van der Waals surface area contributed by atoms with Gasteiger partial charge in [-0.05, 0) is 19.1 Å². The molecule has 0 aromatic heterocycles. The van der Waals surface area contributed by atoms with Gasteiger partial charge in [0.15, 0.2) is 0 Å². The number of ether oxygens (including phenoxy) is 3. The first-order chi connectivity index (χ1) is 9.49. The fourth-order valence-electron chi connectivity index (χ4n) is 1.27. The molecule has 2 rings (SSSR count). The van der Waals surface area contributed by atoms with Gasteiger partial charge in [-0.2, -0.15) is 0 Å². The van der Waals surface area contributed by atoms with Crippen LogP contribution in [-0.4, -0.2) is 19.0 Å². The second-order valence-corrected chi connectivity index (χ2v) is 3.90. The topological polar surface area (TPSA) is 61.8 Å². The maximum atomic E-state index is 11.2. The van der Waals surface area contributed by atoms with Crippen LogP contribution in [0.5, 0.6) is 5.75 Å². The normalized spacial score (nSPS) is 14.2. The summed E-state index contributed by atoms with van der Waals surface area (Å²) in [5.74, 6) is -0.0495. The van der Waals surface area contributed by atoms with E-state index in [1.54, 1.807) is 6.92 Å². The molecule has 0 radical (unpaired) electrons. The van der Waals surface area contributed by atoms with Gasteiger partial charge in [-0.15, -0.1) is 0 Å². The van der Waals surface area contributed by atoms with Gasteiger partial charge >= 0.3 is 11.9 Å². The lowest BCUT2D eigenvalue weighted by Gasteiger charge is -2.29. The molecule has 1 aliphatic heterocycles. The van der Waals surface area contributed by atoms with Gasteiger partial charge in [-0.1, -0.05) is 25.3 Å². The summed E-state index contributed by atoms with van der Waals surface area (Å²) in [6.07, 6.45) is 0.551. The molecule has 1 aliphatic rings. The van der Waals surface area contributed by atoms with E-state index in [9.17, 15) is 9.59 Å². The molecule has 0 fully saturated rings. The van der Waals surface area contributed by atoms with Crippen LogP contribution in [-0.2, 0) is 19.1 Å². The SMILES string of the molecule is C=C(C)C(=O)OC1Oc2ccccc21.C=CC(=O)OC. The van der Waals surface area contributed by atoms with Gasteiger partial charge in [-0.3, -0.25) is 0 Å². The van der Waals surface area contributed by atoms with Gasteiger partial charge in [0.05, 0.1) is 12.7 Å². The fourth-order valence-corrected chi connectivity index (χ4v) is 1.27. The maximum absolute atomic E-state index is 11.2. The number of rotatable bonds is 3. The first-order valence-corrected chi connectivity index (χ1v) is 5.82. The number of hydrogen-bond acceptors (Lipinski definition) is 5. The van der Waals surface area contributed by atoms with Crippen LogP contribution >= 0.6 is 0 Å². The highest BCUT2D eigenvalue weighted by Crippen LogP contribution is 2.39. The van der Waals surface area contributed by atoms with Crippen molar-refractivity contribution in [2.24, 2.45) is 0 Å². The Labute approximate surface area is 117 Å². The number of methoxy groups -OCH3 is 1. The molecule has 1 aromatic rings. The van der Waals surface area contributed by atoms with Gasteiger partial charge < -0.3 is 14.2 Å². The molecular formula is C15H16O5. The van der Waals surface area contributed by atoms with Crippen molar-refractivity contribution >= 4 is 11.9 Å². The van der Waals surface area contributed by atoms with Crippen molar-refractivity contribution in [3.8, 4) is 5.75 Å². The number of esters is 2. The molecule has 0 amide bonds. The summed E-state index contributed by atoms with van der Waals surface area (Å²) in [7, 11) is 1.31. The number of benzene rings is 1. The molecule has 0 spiro atoms. The Morgan fingerprint density at radius 2 is 2.00 bits per heavy atom. The van der Waals surface area contributed by atoms with E-state index >= 15 is 0 Å². The molecule has 0 bridgehead atoms. The molecule has 1 heterocycles. The average Bonchev–Trinajstić information content (AvgIpc) is 2.44. The lowest BCUT2D eigenvalue weighted by Crippen LogP contribution is -2.24. The zero-order valence-corrected chi connectivity index (χ0v) is 11.4. The third-order valence-corrected chi connectivity index (χ3v) is 2.34. The van der Waals surface area contributed by atoms with Crippen LogP contribution in [0.4, 0.5) is 0 Å². The van der Waals surface area contributed by atoms with E-state index in [-0.39, 0.29) is 0 Å². The minimum absolute atomic E-state index is 0.373. The van der Waals surface area contributed by atoms with Crippen LogP contribution in [0.3, 0.4) is 0 Å². The van der Waals surface area contributed by atoms with Crippen molar-refractivity contribution in [1.29, 1.82) is 0 Å². The summed E-state index contributed by atoms with van der Waals surface area (Å²) in [6.45, 7) is 8.25. The zero-order chi connectivity index (χ0) is 15.1. The summed E-state index contributed by atoms with van der Waals surface area (Å²) in [6, 6.07) is 7.45. The largest absolute Gasteiger partial charge is 0.466 e. The Kier molecular flexibility index (Phi) is 5.53. The quantitative estimate of drug-likeness (QED) is 0.627. The Balaban J connectivity index is 0.000000286. The van der Waals surface area contributed by atoms with E-state index in [0.29, 0.717) is 5.57 Å². The zero-order valence-electron chi connectivity index (χ0n) is 11.4. The van der Waals surface area contributed by atoms with Crippen molar-refractivity contribution in [3.05, 3.63) is 54.6 Å². The number of para-hydroxylation sites is 1. The first-order valence-electron chi connectivity index (χ1n) is 5.82. The average molecular weight is 276 g/mol. The van der Waals surface area contributed by atoms with Crippen LogP contribution < -0.4 is 4.74 Å². The van der Waals surface area contributed by atoms with Gasteiger partial charge in [-0.25, -0.2) is 9.59 Å². The molecule has 0 aliphatic carbocycles. The number of carbonyl (C=O) groups is 2. The van der Waals surface area contributed by atoms with Crippen LogP contribution in [0.15, 0.2) is 49.1 Å². The smallest absolute Gasteiger partial charge is 0.336 e. The first kappa shape index (κ1) is 15.5. The summed E-state index contributed by atoms with van der Waals surface area (Å²) in [5, 5.41) is 0. The highest BCUT2D eigenvalue weighted by Gasteiger charge is 2.30. The summed E-state index contributed by atoms with van der Waals surface area (Å²) < 4.78 is 14.4. The van der Waals surface area contributed by atoms with Gasteiger partial charge in [0, 0.05) is 11.6 Å². The Bertz CT molecular complexity index is 533. The number of carbonyl (C=O) groups excluding carboxylic acids is 2. The molecule has 106 valence electrons. The van der Waals surface area contributed by atoms with Gasteiger partial charge in [0.2, 0.25) is 0 Å². The second kappa shape index (κ2) is 7.13. The highest BCUT2D eigenvalue weighted by molar-refractivity contribution is 5.87. The standard InChI is InChI=1S/C11H10O3.C4H6O2/c1-7(2)10(12)14-11-8-5-3-4-6-9(8)13-11;1-3-4(5)6-2/h3-6,11H,1H2,2H3;3H,1H2,2H3. The van der Waals surface area contributed by atoms with Crippen LogP contribution in [0.2, 0.25) is 0 Å². The third kappa shape index (κ3) is 3.98. The Hall–Kier alpha value is -2.56. The highest BCUT2D eigenvalue weighted by atomic mass is 16.7. The van der Waals surface area contributed by atoms with Crippen LogP contribution in [0, 0.1) is 0 Å². The predicted octanol–water partition coefficient (Wildman–Crippen LogP) is 2.54. The second-order valence-electron chi connectivity index (χ2n) is 3.90. The van der Waals surface area contributed by atoms with E-state index in [1.807, 2.05) is 24.3 Å². The Morgan fingerprint density at radius 3 is 2.45 bits per heavy atom. The monoisotopic (exact) mass is 276 g/mol. The lowest BCUT2D eigenvalue weighted by molar-refractivity contribution is -0.167. The van der Waals surface area contributed by atoms with Crippen LogP contribution in [0.25, 0.3) is 0 Å². The number of hydrogen-bond donors (Lipinski definition) is 0. The van der Waals surface area contributed by atoms with Crippen molar-refractivity contribution in [1.82, 2.24) is 0 Å². The third-order valence-electron chi connectivity index (χ3n) is 2.34. The van der Waals surface area contributed by atoms with Gasteiger partial charge in [0.1, 0.15) is 5.75 Å². The van der Waals surface area contributed by atoms with E-state index in [2.05, 4.69) is 17.9 Å². The van der Waals surface area contributed by atoms with E-state index in [1.165, 1.54) is 7.11 Å². The molecule has 1 aromatic carbocycles. The molecule has 0 N–H and O–H groups in total. The summed E-state index contributed by atoms with van der Waals surface area (Å²) in [4.78, 5) is 21.0. The minimum atomic E-state index is -0.560. The van der Waals surface area contributed by atoms with E-state index in [0.717, 1.165) is 17.4 Å². The maximum Gasteiger partial charge on any atom is 0.336 e. The molecule has 0 saturated carbocycles. The van der Waals surface area contributed by atoms with Crippen molar-refractivity contribution < 1.29 is 23.8 Å². The van der Waals surface area contributed by atoms with Crippen molar-refractivity contribution in [2.45, 2.75) is 13.2 Å². The van der Waals surface area contributed by atoms with Crippen LogP contribution in [0.1, 0.15) is 18.8 Å². The molecule has 1 unspecified atom stereocenters. The molecule has 20 heavy (non-hydrogen) atoms. The van der Waals surface area contributed by atoms with Crippen molar-refractivity contribution in [2.75, 3.05) is 7.11 Å². The molecular weight excluding hydrogens is 260 g/mol. The molecule has 5 nitrogen and oxygen atoms in total. The lowest BCUT2D eigenvalue weighted by atomic mass is 10.1. The summed E-state index contributed by atoms with van der Waals surface area (Å²) in [5.41, 5.74) is 1.28. The van der Waals surface area contributed by atoms with Crippen molar-refractivity contribution in [3.63, 3.8) is 0 Å². The predicted molar refractivity (Wildman–Crippen MR) is 72.9 cm³/mol. The van der Waals surface area contributed by atoms with E-state index in [4.69, 9.17) is 9.47 Å². The summed E-state index contributed by atoms with van der Waals surface area (Å²) >= 11 is 0. The fraction of sp³-hybridized carbons (Fsp3) is 0.200. The Morgan fingerprint density at radius 1 is 1.35 bits per heavy atom. The molecule has 1 atom stereocenters.